The highest BCUT2D eigenvalue weighted by Gasteiger charge is 2.15. The van der Waals surface area contributed by atoms with Gasteiger partial charge in [-0.05, 0) is 40.2 Å². The minimum Gasteiger partial charge on any atom is -0.454 e. The van der Waals surface area contributed by atoms with Crippen molar-refractivity contribution >= 4 is 39.7 Å². The molecule has 0 saturated carbocycles. The molecular formula is C15H10BrClN2O3. The molecule has 1 aliphatic heterocycles. The highest BCUT2D eigenvalue weighted by atomic mass is 79.9. The Bertz CT molecular complexity index is 764. The summed E-state index contributed by atoms with van der Waals surface area (Å²) in [5.74, 6) is 0.935. The Hall–Kier alpha value is -2.05. The van der Waals surface area contributed by atoms with Crippen molar-refractivity contribution in [3.05, 3.63) is 57.0 Å². The summed E-state index contributed by atoms with van der Waals surface area (Å²) in [7, 11) is 0. The lowest BCUT2D eigenvalue weighted by Crippen LogP contribution is -2.17. The summed E-state index contributed by atoms with van der Waals surface area (Å²) < 4.78 is 11.3. The van der Waals surface area contributed by atoms with Crippen molar-refractivity contribution in [2.75, 3.05) is 6.79 Å². The lowest BCUT2D eigenvalue weighted by atomic mass is 10.2. The number of carbonyl (C=O) groups excluding carboxylic acids is 1. The maximum absolute atomic E-state index is 12.0. The van der Waals surface area contributed by atoms with Gasteiger partial charge in [-0.15, -0.1) is 0 Å². The molecule has 0 atom stereocenters. The molecule has 7 heteroatoms. The van der Waals surface area contributed by atoms with E-state index in [1.54, 1.807) is 36.4 Å². The van der Waals surface area contributed by atoms with Gasteiger partial charge in [0.15, 0.2) is 11.5 Å². The first kappa shape index (κ1) is 14.9. The average Bonchev–Trinajstić information content (AvgIpc) is 2.94. The minimum absolute atomic E-state index is 0.200. The van der Waals surface area contributed by atoms with Crippen molar-refractivity contribution in [1.29, 1.82) is 0 Å². The number of fused-ring (bicyclic) bond motifs is 1. The molecular weight excluding hydrogens is 372 g/mol. The van der Waals surface area contributed by atoms with Gasteiger partial charge in [0, 0.05) is 10.0 Å². The van der Waals surface area contributed by atoms with E-state index in [1.165, 1.54) is 6.21 Å². The largest absolute Gasteiger partial charge is 0.454 e. The molecule has 112 valence electrons. The van der Waals surface area contributed by atoms with Gasteiger partial charge in [0.05, 0.1) is 16.8 Å². The first-order valence-electron chi connectivity index (χ1n) is 6.32. The molecule has 1 aliphatic rings. The Morgan fingerprint density at radius 1 is 1.27 bits per heavy atom. The summed E-state index contributed by atoms with van der Waals surface area (Å²) in [4.78, 5) is 12.0. The van der Waals surface area contributed by atoms with E-state index in [9.17, 15) is 4.79 Å². The number of halogens is 2. The van der Waals surface area contributed by atoms with Crippen LogP contribution in [0.4, 0.5) is 0 Å². The first-order valence-corrected chi connectivity index (χ1v) is 7.49. The molecule has 0 unspecified atom stereocenters. The van der Waals surface area contributed by atoms with Crippen molar-refractivity contribution < 1.29 is 14.3 Å². The number of hydrogen-bond donors (Lipinski definition) is 1. The standard InChI is InChI=1S/C15H10BrClN2O3/c16-11-6-14-13(21-8-22-14)5-9(11)7-18-19-15(20)10-3-1-2-4-12(10)17/h1-7H,8H2,(H,19,20). The summed E-state index contributed by atoms with van der Waals surface area (Å²) >= 11 is 9.37. The number of carbonyl (C=O) groups is 1. The maximum atomic E-state index is 12.0. The van der Waals surface area contributed by atoms with Crippen LogP contribution in [0.5, 0.6) is 11.5 Å². The zero-order chi connectivity index (χ0) is 15.5. The number of nitrogens with zero attached hydrogens (tertiary/aromatic N) is 1. The van der Waals surface area contributed by atoms with Crippen LogP contribution in [0.1, 0.15) is 15.9 Å². The molecule has 22 heavy (non-hydrogen) atoms. The Balaban J connectivity index is 1.73. The van der Waals surface area contributed by atoms with Crippen LogP contribution in [0, 0.1) is 0 Å². The summed E-state index contributed by atoms with van der Waals surface area (Å²) in [5.41, 5.74) is 3.56. The van der Waals surface area contributed by atoms with Gasteiger partial charge in [0.25, 0.3) is 5.91 Å². The molecule has 5 nitrogen and oxygen atoms in total. The SMILES string of the molecule is O=C(NN=Cc1cc2c(cc1Br)OCO2)c1ccccc1Cl. The first-order chi connectivity index (χ1) is 10.6. The van der Waals surface area contributed by atoms with Crippen molar-refractivity contribution in [2.24, 2.45) is 5.10 Å². The zero-order valence-corrected chi connectivity index (χ0v) is 13.5. The van der Waals surface area contributed by atoms with E-state index >= 15 is 0 Å². The van der Waals surface area contributed by atoms with Crippen molar-refractivity contribution in [3.8, 4) is 11.5 Å². The fourth-order valence-electron chi connectivity index (χ4n) is 1.90. The topological polar surface area (TPSA) is 59.9 Å². The molecule has 0 saturated heterocycles. The van der Waals surface area contributed by atoms with Crippen LogP contribution in [0.3, 0.4) is 0 Å². The summed E-state index contributed by atoms with van der Waals surface area (Å²) in [6.45, 7) is 0.200. The lowest BCUT2D eigenvalue weighted by Gasteiger charge is -2.03. The second-order valence-electron chi connectivity index (χ2n) is 4.41. The number of hydrogen-bond acceptors (Lipinski definition) is 4. The number of amides is 1. The van der Waals surface area contributed by atoms with E-state index in [0.717, 1.165) is 10.0 Å². The third kappa shape index (κ3) is 3.08. The Labute approximate surface area is 140 Å². The van der Waals surface area contributed by atoms with E-state index in [4.69, 9.17) is 21.1 Å². The zero-order valence-electron chi connectivity index (χ0n) is 11.2. The second-order valence-corrected chi connectivity index (χ2v) is 5.67. The highest BCUT2D eigenvalue weighted by molar-refractivity contribution is 9.10. The van der Waals surface area contributed by atoms with E-state index in [0.29, 0.717) is 22.1 Å². The van der Waals surface area contributed by atoms with Gasteiger partial charge in [-0.25, -0.2) is 5.43 Å². The van der Waals surface area contributed by atoms with Gasteiger partial charge in [0.2, 0.25) is 6.79 Å². The van der Waals surface area contributed by atoms with Crippen molar-refractivity contribution in [2.45, 2.75) is 0 Å². The number of ether oxygens (including phenoxy) is 2. The summed E-state index contributed by atoms with van der Waals surface area (Å²) in [6.07, 6.45) is 1.51. The van der Waals surface area contributed by atoms with E-state index in [-0.39, 0.29) is 12.7 Å². The van der Waals surface area contributed by atoms with Crippen LogP contribution in [0.25, 0.3) is 0 Å². The van der Waals surface area contributed by atoms with Crippen LogP contribution in [0.2, 0.25) is 5.02 Å². The predicted molar refractivity (Wildman–Crippen MR) is 86.8 cm³/mol. The Kier molecular flexibility index (Phi) is 4.31. The highest BCUT2D eigenvalue weighted by Crippen LogP contribution is 2.36. The molecule has 0 radical (unpaired) electrons. The van der Waals surface area contributed by atoms with Gasteiger partial charge >= 0.3 is 0 Å². The normalized spacial score (nSPS) is 12.6. The van der Waals surface area contributed by atoms with Crippen LogP contribution in [-0.2, 0) is 0 Å². The Morgan fingerprint density at radius 2 is 2.00 bits per heavy atom. The van der Waals surface area contributed by atoms with E-state index < -0.39 is 0 Å². The molecule has 0 fully saturated rings. The summed E-state index contributed by atoms with van der Waals surface area (Å²) in [6, 6.07) is 10.3. The predicted octanol–water partition coefficient (Wildman–Crippen LogP) is 3.60. The molecule has 2 aromatic carbocycles. The number of benzene rings is 2. The second kappa shape index (κ2) is 6.37. The minimum atomic E-state index is -0.376. The third-order valence-electron chi connectivity index (χ3n) is 2.98. The lowest BCUT2D eigenvalue weighted by molar-refractivity contribution is 0.0955. The van der Waals surface area contributed by atoms with Crippen LogP contribution in [0.15, 0.2) is 46.0 Å². The van der Waals surface area contributed by atoms with Gasteiger partial charge in [-0.2, -0.15) is 5.10 Å². The van der Waals surface area contributed by atoms with Gasteiger partial charge in [-0.3, -0.25) is 4.79 Å². The average molecular weight is 382 g/mol. The van der Waals surface area contributed by atoms with E-state index in [1.807, 2.05) is 0 Å². The molecule has 0 aromatic heterocycles. The molecule has 0 bridgehead atoms. The quantitative estimate of drug-likeness (QED) is 0.653. The van der Waals surface area contributed by atoms with Crippen molar-refractivity contribution in [1.82, 2.24) is 5.43 Å². The van der Waals surface area contributed by atoms with E-state index in [2.05, 4.69) is 26.5 Å². The van der Waals surface area contributed by atoms with Crippen LogP contribution in [-0.4, -0.2) is 18.9 Å². The number of rotatable bonds is 3. The fourth-order valence-corrected chi connectivity index (χ4v) is 2.54. The molecule has 1 N–H and O–H groups in total. The molecule has 3 rings (SSSR count). The van der Waals surface area contributed by atoms with Gasteiger partial charge in [-0.1, -0.05) is 23.7 Å². The molecule has 0 aliphatic carbocycles. The fraction of sp³-hybridized carbons (Fsp3) is 0.0667. The smallest absolute Gasteiger partial charge is 0.272 e. The Morgan fingerprint density at radius 3 is 2.77 bits per heavy atom. The van der Waals surface area contributed by atoms with Crippen LogP contribution < -0.4 is 14.9 Å². The molecule has 1 heterocycles. The van der Waals surface area contributed by atoms with Crippen LogP contribution >= 0.6 is 27.5 Å². The molecule has 2 aromatic rings. The monoisotopic (exact) mass is 380 g/mol. The third-order valence-corrected chi connectivity index (χ3v) is 4.00. The van der Waals surface area contributed by atoms with Crippen molar-refractivity contribution in [3.63, 3.8) is 0 Å². The molecule has 1 amide bonds. The summed E-state index contributed by atoms with van der Waals surface area (Å²) in [5, 5.41) is 4.31. The maximum Gasteiger partial charge on any atom is 0.272 e. The van der Waals surface area contributed by atoms with Gasteiger partial charge < -0.3 is 9.47 Å². The number of nitrogens with one attached hydrogen (secondary N) is 1. The van der Waals surface area contributed by atoms with Gasteiger partial charge in [0.1, 0.15) is 0 Å². The number of hydrazone groups is 1. The molecule has 0 spiro atoms.